The van der Waals surface area contributed by atoms with Gasteiger partial charge in [-0.25, -0.2) is 8.42 Å². The first-order valence-electron chi connectivity index (χ1n) is 9.49. The molecule has 2 N–H and O–H groups in total. The van der Waals surface area contributed by atoms with Crippen molar-refractivity contribution < 1.29 is 23.0 Å². The SMILES string of the molecule is COc1cc2cc(CN(CCO)S(=O)(=O)c3cccc4nsnc34)c(=O)[nH]c2cc1OC. The van der Waals surface area contributed by atoms with Crippen molar-refractivity contribution in [2.24, 2.45) is 0 Å². The van der Waals surface area contributed by atoms with Gasteiger partial charge in [0.2, 0.25) is 10.0 Å². The van der Waals surface area contributed by atoms with Gasteiger partial charge < -0.3 is 19.6 Å². The Morgan fingerprint density at radius 2 is 1.88 bits per heavy atom. The molecule has 2 aromatic carbocycles. The normalized spacial score (nSPS) is 12.0. The summed E-state index contributed by atoms with van der Waals surface area (Å²) in [6.45, 7) is -0.850. The minimum absolute atomic E-state index is 0.0270. The molecule has 0 aliphatic heterocycles. The molecular weight excluding hydrogens is 456 g/mol. The molecule has 0 aliphatic rings. The Balaban J connectivity index is 1.78. The Bertz CT molecular complexity index is 1450. The van der Waals surface area contributed by atoms with Gasteiger partial charge in [0.05, 0.1) is 38.1 Å². The van der Waals surface area contributed by atoms with Gasteiger partial charge in [0, 0.05) is 30.1 Å². The van der Waals surface area contributed by atoms with Crippen LogP contribution in [0, 0.1) is 0 Å². The van der Waals surface area contributed by atoms with Crippen molar-refractivity contribution in [1.82, 2.24) is 18.0 Å². The number of ether oxygens (including phenoxy) is 2. The highest BCUT2D eigenvalue weighted by Crippen LogP contribution is 2.31. The van der Waals surface area contributed by atoms with Gasteiger partial charge in [-0.05, 0) is 24.3 Å². The molecule has 4 aromatic rings. The van der Waals surface area contributed by atoms with Crippen LogP contribution < -0.4 is 15.0 Å². The van der Waals surface area contributed by atoms with Crippen molar-refractivity contribution in [2.45, 2.75) is 11.4 Å². The van der Waals surface area contributed by atoms with Crippen LogP contribution in [0.15, 0.2) is 46.1 Å². The molecule has 0 spiro atoms. The lowest BCUT2D eigenvalue weighted by atomic mass is 10.1. The fourth-order valence-corrected chi connectivity index (χ4v) is 5.57. The number of nitrogens with one attached hydrogen (secondary N) is 1. The Labute approximate surface area is 187 Å². The number of H-pyrrole nitrogens is 1. The highest BCUT2D eigenvalue weighted by Gasteiger charge is 2.28. The fraction of sp³-hybridized carbons (Fsp3) is 0.250. The summed E-state index contributed by atoms with van der Waals surface area (Å²) in [4.78, 5) is 15.5. The summed E-state index contributed by atoms with van der Waals surface area (Å²) >= 11 is 0.913. The number of rotatable bonds is 8. The van der Waals surface area contributed by atoms with E-state index in [4.69, 9.17) is 9.47 Å². The number of benzene rings is 2. The number of aliphatic hydroxyl groups is 1. The van der Waals surface area contributed by atoms with Crippen LogP contribution in [0.5, 0.6) is 11.5 Å². The summed E-state index contributed by atoms with van der Waals surface area (Å²) in [6.07, 6.45) is 0. The number of aromatic amines is 1. The maximum Gasteiger partial charge on any atom is 0.252 e. The molecule has 2 aromatic heterocycles. The number of pyridine rings is 1. The second-order valence-electron chi connectivity index (χ2n) is 6.87. The highest BCUT2D eigenvalue weighted by molar-refractivity contribution is 7.89. The average Bonchev–Trinajstić information content (AvgIpc) is 3.27. The molecule has 0 unspecified atom stereocenters. The zero-order valence-electron chi connectivity index (χ0n) is 17.2. The smallest absolute Gasteiger partial charge is 0.252 e. The topological polar surface area (TPSA) is 135 Å². The number of sulfonamides is 1. The van der Waals surface area contributed by atoms with E-state index in [1.165, 1.54) is 20.3 Å². The van der Waals surface area contributed by atoms with Crippen LogP contribution in [-0.2, 0) is 16.6 Å². The standard InChI is InChI=1S/C20H20N4O6S2/c1-29-16-9-12-8-13(20(26)21-15(12)10-17(16)30-2)11-24(6-7-25)32(27,28)18-5-3-4-14-19(18)23-31-22-14/h3-5,8-10,25H,6-7,11H2,1-2H3,(H,21,26). The molecular formula is C20H20N4O6S2. The van der Waals surface area contributed by atoms with Gasteiger partial charge in [0.1, 0.15) is 15.9 Å². The van der Waals surface area contributed by atoms with E-state index in [-0.39, 0.29) is 29.1 Å². The fourth-order valence-electron chi connectivity index (χ4n) is 3.41. The van der Waals surface area contributed by atoms with Crippen LogP contribution in [0.4, 0.5) is 0 Å². The molecule has 4 rings (SSSR count). The van der Waals surface area contributed by atoms with Gasteiger partial charge in [0.15, 0.2) is 11.5 Å². The van der Waals surface area contributed by atoms with E-state index in [1.807, 2.05) is 0 Å². The van der Waals surface area contributed by atoms with Crippen molar-refractivity contribution in [2.75, 3.05) is 27.4 Å². The summed E-state index contributed by atoms with van der Waals surface area (Å²) in [5.74, 6) is 0.929. The van der Waals surface area contributed by atoms with E-state index in [0.717, 1.165) is 16.0 Å². The third kappa shape index (κ3) is 3.93. The van der Waals surface area contributed by atoms with E-state index >= 15 is 0 Å². The minimum Gasteiger partial charge on any atom is -0.493 e. The monoisotopic (exact) mass is 476 g/mol. The third-order valence-corrected chi connectivity index (χ3v) is 7.41. The number of hydrogen-bond acceptors (Lipinski definition) is 9. The molecule has 0 saturated heterocycles. The van der Waals surface area contributed by atoms with Gasteiger partial charge >= 0.3 is 0 Å². The Morgan fingerprint density at radius 3 is 2.59 bits per heavy atom. The highest BCUT2D eigenvalue weighted by atomic mass is 32.2. The van der Waals surface area contributed by atoms with Crippen LogP contribution in [-0.4, -0.2) is 58.9 Å². The van der Waals surface area contributed by atoms with E-state index in [2.05, 4.69) is 13.7 Å². The summed E-state index contributed by atoms with van der Waals surface area (Å²) in [7, 11) is -1.08. The maximum atomic E-state index is 13.4. The van der Waals surface area contributed by atoms with Crippen molar-refractivity contribution in [3.8, 4) is 11.5 Å². The Morgan fingerprint density at radius 1 is 1.12 bits per heavy atom. The first-order valence-corrected chi connectivity index (χ1v) is 11.7. The lowest BCUT2D eigenvalue weighted by Gasteiger charge is -2.21. The maximum absolute atomic E-state index is 13.4. The molecule has 12 heteroatoms. The molecule has 0 saturated carbocycles. The van der Waals surface area contributed by atoms with Crippen molar-refractivity contribution >= 4 is 43.7 Å². The van der Waals surface area contributed by atoms with Gasteiger partial charge in [0.25, 0.3) is 5.56 Å². The average molecular weight is 477 g/mol. The predicted molar refractivity (Wildman–Crippen MR) is 120 cm³/mol. The number of fused-ring (bicyclic) bond motifs is 2. The molecule has 32 heavy (non-hydrogen) atoms. The van der Waals surface area contributed by atoms with E-state index in [9.17, 15) is 18.3 Å². The zero-order chi connectivity index (χ0) is 22.9. The van der Waals surface area contributed by atoms with Gasteiger partial charge in [-0.1, -0.05) is 6.07 Å². The van der Waals surface area contributed by atoms with Crippen LogP contribution in [0.2, 0.25) is 0 Å². The van der Waals surface area contributed by atoms with Crippen LogP contribution in [0.1, 0.15) is 5.56 Å². The Hall–Kier alpha value is -3.06. The first-order chi connectivity index (χ1) is 15.4. The van der Waals surface area contributed by atoms with Crippen LogP contribution in [0.3, 0.4) is 0 Å². The summed E-state index contributed by atoms with van der Waals surface area (Å²) in [6, 6.07) is 9.62. The molecule has 0 fully saturated rings. The third-order valence-electron chi connectivity index (χ3n) is 4.99. The number of methoxy groups -OCH3 is 2. The van der Waals surface area contributed by atoms with Gasteiger partial charge in [-0.3, -0.25) is 4.79 Å². The molecule has 0 atom stereocenters. The van der Waals surface area contributed by atoms with E-state index in [1.54, 1.807) is 30.3 Å². The molecule has 10 nitrogen and oxygen atoms in total. The largest absolute Gasteiger partial charge is 0.493 e. The number of nitrogens with zero attached hydrogens (tertiary/aromatic N) is 3. The molecule has 0 amide bonds. The number of aliphatic hydroxyl groups excluding tert-OH is 1. The van der Waals surface area contributed by atoms with Crippen molar-refractivity contribution in [3.63, 3.8) is 0 Å². The lowest BCUT2D eigenvalue weighted by Crippen LogP contribution is -2.35. The minimum atomic E-state index is -4.07. The summed E-state index contributed by atoms with van der Waals surface area (Å²) in [5, 5.41) is 10.2. The summed E-state index contributed by atoms with van der Waals surface area (Å²) in [5.41, 5.74) is 1.00. The molecule has 0 radical (unpaired) electrons. The predicted octanol–water partition coefficient (Wildman–Crippen LogP) is 1.73. The van der Waals surface area contributed by atoms with E-state index < -0.39 is 22.2 Å². The second-order valence-corrected chi connectivity index (χ2v) is 9.30. The summed E-state index contributed by atoms with van der Waals surface area (Å²) < 4.78 is 46.6. The molecule has 0 bridgehead atoms. The molecule has 168 valence electrons. The van der Waals surface area contributed by atoms with Gasteiger partial charge in [-0.15, -0.1) is 0 Å². The Kier molecular flexibility index (Phi) is 6.11. The lowest BCUT2D eigenvalue weighted by molar-refractivity contribution is 0.251. The van der Waals surface area contributed by atoms with Crippen molar-refractivity contribution in [1.29, 1.82) is 0 Å². The first kappa shape index (κ1) is 22.1. The number of aromatic nitrogens is 3. The van der Waals surface area contributed by atoms with Crippen LogP contribution >= 0.6 is 11.7 Å². The van der Waals surface area contributed by atoms with Crippen LogP contribution in [0.25, 0.3) is 21.9 Å². The van der Waals surface area contributed by atoms with Crippen molar-refractivity contribution in [3.05, 3.63) is 52.3 Å². The van der Waals surface area contributed by atoms with Gasteiger partial charge in [-0.2, -0.15) is 13.1 Å². The second kappa shape index (κ2) is 8.82. The zero-order valence-corrected chi connectivity index (χ0v) is 18.9. The quantitative estimate of drug-likeness (QED) is 0.393. The molecule has 0 aliphatic carbocycles. The molecule has 2 heterocycles. The number of hydrogen-bond donors (Lipinski definition) is 2. The van der Waals surface area contributed by atoms with E-state index in [0.29, 0.717) is 27.9 Å².